The average molecular weight is 283 g/mol. The largest absolute Gasteiger partial charge is 0.486 e. The van der Waals surface area contributed by atoms with Gasteiger partial charge in [-0.25, -0.2) is 4.98 Å². The Morgan fingerprint density at radius 2 is 1.90 bits per heavy atom. The SMILES string of the molecule is N=C(N)c1ccccc1OCc1nc2ccccc2s1. The fourth-order valence-corrected chi connectivity index (χ4v) is 2.82. The van der Waals surface area contributed by atoms with Gasteiger partial charge in [0.2, 0.25) is 0 Å². The average Bonchev–Trinajstić information content (AvgIpc) is 2.88. The Labute approximate surface area is 120 Å². The summed E-state index contributed by atoms with van der Waals surface area (Å²) >= 11 is 1.61. The molecule has 0 saturated carbocycles. The topological polar surface area (TPSA) is 72.0 Å². The van der Waals surface area contributed by atoms with Crippen LogP contribution in [0.4, 0.5) is 0 Å². The van der Waals surface area contributed by atoms with E-state index in [9.17, 15) is 0 Å². The number of fused-ring (bicyclic) bond motifs is 1. The van der Waals surface area contributed by atoms with Crippen LogP contribution in [-0.2, 0) is 6.61 Å². The lowest BCUT2D eigenvalue weighted by Gasteiger charge is -2.08. The third-order valence-electron chi connectivity index (χ3n) is 2.87. The number of ether oxygens (including phenoxy) is 1. The summed E-state index contributed by atoms with van der Waals surface area (Å²) in [6.45, 7) is 0.379. The van der Waals surface area contributed by atoms with Gasteiger partial charge in [-0.1, -0.05) is 24.3 Å². The Kier molecular flexibility index (Phi) is 3.35. The quantitative estimate of drug-likeness (QED) is 0.570. The van der Waals surface area contributed by atoms with Gasteiger partial charge in [-0.15, -0.1) is 11.3 Å². The second-order valence-corrected chi connectivity index (χ2v) is 5.39. The van der Waals surface area contributed by atoms with Crippen LogP contribution in [0.15, 0.2) is 48.5 Å². The van der Waals surface area contributed by atoms with Crippen molar-refractivity contribution in [3.63, 3.8) is 0 Å². The van der Waals surface area contributed by atoms with Crippen molar-refractivity contribution in [3.05, 3.63) is 59.1 Å². The predicted molar refractivity (Wildman–Crippen MR) is 81.4 cm³/mol. The Balaban J connectivity index is 1.81. The van der Waals surface area contributed by atoms with Gasteiger partial charge in [-0.2, -0.15) is 0 Å². The van der Waals surface area contributed by atoms with Gasteiger partial charge in [0, 0.05) is 0 Å². The number of nitrogen functional groups attached to an aromatic ring is 1. The number of hydrogen-bond donors (Lipinski definition) is 2. The third-order valence-corrected chi connectivity index (χ3v) is 3.88. The molecule has 5 heteroatoms. The molecule has 20 heavy (non-hydrogen) atoms. The van der Waals surface area contributed by atoms with E-state index in [1.165, 1.54) is 0 Å². The van der Waals surface area contributed by atoms with Gasteiger partial charge in [0.1, 0.15) is 23.2 Å². The van der Waals surface area contributed by atoms with Crippen LogP contribution in [0.1, 0.15) is 10.6 Å². The van der Waals surface area contributed by atoms with Crippen molar-refractivity contribution in [2.24, 2.45) is 5.73 Å². The first-order chi connectivity index (χ1) is 9.74. The zero-order valence-corrected chi connectivity index (χ0v) is 11.5. The van der Waals surface area contributed by atoms with Crippen molar-refractivity contribution in [3.8, 4) is 5.75 Å². The summed E-state index contributed by atoms with van der Waals surface area (Å²) in [5.41, 5.74) is 7.12. The Hall–Kier alpha value is -2.40. The first-order valence-corrected chi connectivity index (χ1v) is 6.96. The highest BCUT2D eigenvalue weighted by atomic mass is 32.1. The molecule has 3 rings (SSSR count). The zero-order chi connectivity index (χ0) is 13.9. The molecule has 0 fully saturated rings. The number of thiazole rings is 1. The number of nitrogens with zero attached hydrogens (tertiary/aromatic N) is 1. The number of aromatic nitrogens is 1. The van der Waals surface area contributed by atoms with Gasteiger partial charge in [-0.05, 0) is 24.3 Å². The van der Waals surface area contributed by atoms with Crippen molar-refractivity contribution >= 4 is 27.4 Å². The Morgan fingerprint density at radius 3 is 2.70 bits per heavy atom. The predicted octanol–water partition coefficient (Wildman–Crippen LogP) is 3.16. The fourth-order valence-electron chi connectivity index (χ4n) is 1.94. The Morgan fingerprint density at radius 1 is 1.15 bits per heavy atom. The summed E-state index contributed by atoms with van der Waals surface area (Å²) < 4.78 is 6.89. The maximum absolute atomic E-state index is 7.53. The van der Waals surface area contributed by atoms with Crippen LogP contribution >= 0.6 is 11.3 Å². The van der Waals surface area contributed by atoms with Crippen molar-refractivity contribution in [1.82, 2.24) is 4.98 Å². The molecule has 1 heterocycles. The van der Waals surface area contributed by atoms with Gasteiger partial charge in [-0.3, -0.25) is 5.41 Å². The molecule has 1 aromatic heterocycles. The van der Waals surface area contributed by atoms with Crippen LogP contribution in [0.2, 0.25) is 0 Å². The number of benzene rings is 2. The van der Waals surface area contributed by atoms with Gasteiger partial charge >= 0.3 is 0 Å². The molecule has 0 saturated heterocycles. The monoisotopic (exact) mass is 283 g/mol. The molecule has 100 valence electrons. The molecule has 0 aliphatic carbocycles. The maximum atomic E-state index is 7.53. The summed E-state index contributed by atoms with van der Waals surface area (Å²) in [7, 11) is 0. The van der Waals surface area contributed by atoms with Gasteiger partial charge in [0.15, 0.2) is 0 Å². The summed E-state index contributed by atoms with van der Waals surface area (Å²) in [6, 6.07) is 15.3. The van der Waals surface area contributed by atoms with Crippen molar-refractivity contribution < 1.29 is 4.74 Å². The maximum Gasteiger partial charge on any atom is 0.140 e. The summed E-state index contributed by atoms with van der Waals surface area (Å²) in [5, 5.41) is 8.44. The molecule has 0 aliphatic rings. The number of hydrogen-bond acceptors (Lipinski definition) is 4. The molecular weight excluding hydrogens is 270 g/mol. The molecule has 2 aromatic carbocycles. The second kappa shape index (κ2) is 5.30. The standard InChI is InChI=1S/C15H13N3OS/c16-15(17)10-5-1-3-7-12(10)19-9-14-18-11-6-2-4-8-13(11)20-14/h1-8H,9H2,(H3,16,17). The summed E-state index contributed by atoms with van der Waals surface area (Å²) in [5.74, 6) is 0.615. The lowest BCUT2D eigenvalue weighted by Crippen LogP contribution is -2.12. The van der Waals surface area contributed by atoms with Gasteiger partial charge in [0.25, 0.3) is 0 Å². The van der Waals surface area contributed by atoms with E-state index in [0.29, 0.717) is 17.9 Å². The first kappa shape index (κ1) is 12.6. The lowest BCUT2D eigenvalue weighted by molar-refractivity contribution is 0.305. The molecule has 0 spiro atoms. The highest BCUT2D eigenvalue weighted by Crippen LogP contribution is 2.24. The van der Waals surface area contributed by atoms with Gasteiger partial charge < -0.3 is 10.5 Å². The first-order valence-electron chi connectivity index (χ1n) is 6.15. The number of amidine groups is 1. The second-order valence-electron chi connectivity index (χ2n) is 4.27. The van der Waals surface area contributed by atoms with E-state index in [1.807, 2.05) is 42.5 Å². The van der Waals surface area contributed by atoms with E-state index < -0.39 is 0 Å². The van der Waals surface area contributed by atoms with E-state index in [-0.39, 0.29) is 5.84 Å². The van der Waals surface area contributed by atoms with E-state index in [4.69, 9.17) is 15.9 Å². The summed E-state index contributed by atoms with van der Waals surface area (Å²) in [6.07, 6.45) is 0. The number of nitrogens with two attached hydrogens (primary N) is 1. The van der Waals surface area contributed by atoms with Crippen LogP contribution in [-0.4, -0.2) is 10.8 Å². The van der Waals surface area contributed by atoms with Crippen molar-refractivity contribution in [2.45, 2.75) is 6.61 Å². The van der Waals surface area contributed by atoms with Crippen molar-refractivity contribution in [1.29, 1.82) is 5.41 Å². The van der Waals surface area contributed by atoms with E-state index in [1.54, 1.807) is 17.4 Å². The van der Waals surface area contributed by atoms with E-state index in [2.05, 4.69) is 4.98 Å². The van der Waals surface area contributed by atoms with Crippen LogP contribution in [0, 0.1) is 5.41 Å². The zero-order valence-electron chi connectivity index (χ0n) is 10.7. The highest BCUT2D eigenvalue weighted by Gasteiger charge is 2.08. The lowest BCUT2D eigenvalue weighted by atomic mass is 10.2. The van der Waals surface area contributed by atoms with Crippen LogP contribution in [0.3, 0.4) is 0 Å². The minimum Gasteiger partial charge on any atom is -0.486 e. The van der Waals surface area contributed by atoms with Crippen LogP contribution < -0.4 is 10.5 Å². The molecule has 0 amide bonds. The third kappa shape index (κ3) is 2.48. The molecule has 0 unspecified atom stereocenters. The van der Waals surface area contributed by atoms with Crippen molar-refractivity contribution in [2.75, 3.05) is 0 Å². The molecular formula is C15H13N3OS. The van der Waals surface area contributed by atoms with Gasteiger partial charge in [0.05, 0.1) is 15.8 Å². The molecule has 0 aliphatic heterocycles. The smallest absolute Gasteiger partial charge is 0.140 e. The summed E-state index contributed by atoms with van der Waals surface area (Å²) in [4.78, 5) is 4.51. The number of rotatable bonds is 4. The molecule has 0 atom stereocenters. The Bertz CT molecular complexity index is 733. The minimum atomic E-state index is 0.00454. The fraction of sp³-hybridized carbons (Fsp3) is 0.0667. The van der Waals surface area contributed by atoms with Crippen LogP contribution in [0.5, 0.6) is 5.75 Å². The molecule has 0 radical (unpaired) electrons. The minimum absolute atomic E-state index is 0.00454. The molecule has 4 nitrogen and oxygen atoms in total. The molecule has 3 N–H and O–H groups in total. The molecule has 3 aromatic rings. The molecule has 0 bridgehead atoms. The van der Waals surface area contributed by atoms with Crippen LogP contribution in [0.25, 0.3) is 10.2 Å². The normalized spacial score (nSPS) is 10.6. The van der Waals surface area contributed by atoms with E-state index in [0.717, 1.165) is 15.2 Å². The number of nitrogens with one attached hydrogen (secondary N) is 1. The van der Waals surface area contributed by atoms with E-state index >= 15 is 0 Å². The number of para-hydroxylation sites is 2. The highest BCUT2D eigenvalue weighted by molar-refractivity contribution is 7.18.